The van der Waals surface area contributed by atoms with Crippen LogP contribution < -0.4 is 5.73 Å². The Morgan fingerprint density at radius 1 is 1.38 bits per heavy atom. The van der Waals surface area contributed by atoms with Gasteiger partial charge < -0.3 is 10.5 Å². The highest BCUT2D eigenvalue weighted by atomic mass is 16.5. The quantitative estimate of drug-likeness (QED) is 0.642. The van der Waals surface area contributed by atoms with Crippen molar-refractivity contribution in [2.24, 2.45) is 5.73 Å². The maximum atomic E-state index is 11.2. The minimum atomic E-state index is -0.502. The van der Waals surface area contributed by atoms with Crippen LogP contribution in [-0.2, 0) is 9.53 Å². The van der Waals surface area contributed by atoms with Gasteiger partial charge in [0.25, 0.3) is 0 Å². The van der Waals surface area contributed by atoms with Crippen molar-refractivity contribution < 1.29 is 9.53 Å². The zero-order valence-electron chi connectivity index (χ0n) is 9.89. The number of carbonyl (C=O) groups is 1. The van der Waals surface area contributed by atoms with Gasteiger partial charge in [-0.15, -0.1) is 0 Å². The van der Waals surface area contributed by atoms with Crippen molar-refractivity contribution in [3.8, 4) is 0 Å². The highest BCUT2D eigenvalue weighted by Gasteiger charge is 2.31. The molecule has 0 aromatic heterocycles. The van der Waals surface area contributed by atoms with Gasteiger partial charge in [0.1, 0.15) is 6.04 Å². The third kappa shape index (κ3) is 2.93. The van der Waals surface area contributed by atoms with Crippen LogP contribution in [0.2, 0.25) is 0 Å². The molecule has 1 saturated heterocycles. The summed E-state index contributed by atoms with van der Waals surface area (Å²) in [6.45, 7) is 4.87. The average molecular weight is 227 g/mol. The number of methoxy groups -OCH3 is 1. The van der Waals surface area contributed by atoms with Crippen LogP contribution in [0.4, 0.5) is 0 Å². The first-order valence-electron chi connectivity index (χ1n) is 6.00. The Labute approximate surface area is 96.5 Å². The van der Waals surface area contributed by atoms with Gasteiger partial charge in [-0.1, -0.05) is 0 Å². The van der Waals surface area contributed by atoms with Crippen LogP contribution in [0, 0.1) is 0 Å². The molecule has 2 rings (SSSR count). The third-order valence-corrected chi connectivity index (χ3v) is 3.43. The van der Waals surface area contributed by atoms with Crippen molar-refractivity contribution in [2.45, 2.75) is 24.9 Å². The van der Waals surface area contributed by atoms with Crippen molar-refractivity contribution in [3.05, 3.63) is 0 Å². The number of hydrogen-bond acceptors (Lipinski definition) is 5. The molecule has 0 amide bonds. The largest absolute Gasteiger partial charge is 0.468 e. The highest BCUT2D eigenvalue weighted by Crippen LogP contribution is 2.27. The summed E-state index contributed by atoms with van der Waals surface area (Å²) >= 11 is 0. The second-order valence-corrected chi connectivity index (χ2v) is 4.70. The highest BCUT2D eigenvalue weighted by molar-refractivity contribution is 5.75. The number of nitrogens with zero attached hydrogens (tertiary/aromatic N) is 2. The molecule has 5 heteroatoms. The van der Waals surface area contributed by atoms with E-state index >= 15 is 0 Å². The fourth-order valence-corrected chi connectivity index (χ4v) is 2.25. The van der Waals surface area contributed by atoms with Gasteiger partial charge in [-0.2, -0.15) is 0 Å². The molecule has 1 saturated carbocycles. The predicted molar refractivity (Wildman–Crippen MR) is 61.0 cm³/mol. The number of hydrogen-bond donors (Lipinski definition) is 1. The lowest BCUT2D eigenvalue weighted by Gasteiger charge is -2.35. The molecule has 1 aliphatic carbocycles. The molecule has 5 nitrogen and oxygen atoms in total. The summed E-state index contributed by atoms with van der Waals surface area (Å²) in [5, 5.41) is 0. The van der Waals surface area contributed by atoms with E-state index in [9.17, 15) is 4.79 Å². The van der Waals surface area contributed by atoms with Gasteiger partial charge >= 0.3 is 5.97 Å². The van der Waals surface area contributed by atoms with Crippen LogP contribution in [0.25, 0.3) is 0 Å². The summed E-state index contributed by atoms with van der Waals surface area (Å²) in [7, 11) is 1.38. The summed E-state index contributed by atoms with van der Waals surface area (Å²) in [6.07, 6.45) is 2.73. The van der Waals surface area contributed by atoms with E-state index in [-0.39, 0.29) is 5.97 Å². The molecule has 0 spiro atoms. The lowest BCUT2D eigenvalue weighted by atomic mass is 10.2. The normalized spacial score (nSPS) is 25.4. The molecule has 1 atom stereocenters. The average Bonchev–Trinajstić information content (AvgIpc) is 3.13. The summed E-state index contributed by atoms with van der Waals surface area (Å²) in [6, 6.07) is 0.342. The van der Waals surface area contributed by atoms with Crippen molar-refractivity contribution in [2.75, 3.05) is 39.8 Å². The number of nitrogens with two attached hydrogens (primary N) is 1. The van der Waals surface area contributed by atoms with E-state index < -0.39 is 6.04 Å². The third-order valence-electron chi connectivity index (χ3n) is 3.43. The van der Waals surface area contributed by atoms with Gasteiger partial charge in [0.15, 0.2) is 0 Å². The summed E-state index contributed by atoms with van der Waals surface area (Å²) in [5.41, 5.74) is 5.74. The first-order valence-corrected chi connectivity index (χ1v) is 6.00. The molecule has 16 heavy (non-hydrogen) atoms. The molecule has 0 aromatic carbocycles. The maximum absolute atomic E-state index is 11.2. The number of rotatable bonds is 4. The number of piperazine rings is 1. The molecular weight excluding hydrogens is 206 g/mol. The molecule has 2 N–H and O–H groups in total. The lowest BCUT2D eigenvalue weighted by Crippen LogP contribution is -2.52. The SMILES string of the molecule is COC(=O)C(N)CN1CCN(C2CC2)CC1. The fraction of sp³-hybridized carbons (Fsp3) is 0.909. The van der Waals surface area contributed by atoms with Crippen LogP contribution in [0.5, 0.6) is 0 Å². The van der Waals surface area contributed by atoms with Crippen LogP contribution in [0.1, 0.15) is 12.8 Å². The molecule has 0 bridgehead atoms. The van der Waals surface area contributed by atoms with Crippen molar-refractivity contribution in [1.82, 2.24) is 9.80 Å². The van der Waals surface area contributed by atoms with E-state index in [1.54, 1.807) is 0 Å². The van der Waals surface area contributed by atoms with E-state index in [1.165, 1.54) is 20.0 Å². The standard InChI is InChI=1S/C11H21N3O2/c1-16-11(15)10(12)8-13-4-6-14(7-5-13)9-2-3-9/h9-10H,2-8,12H2,1H3. The lowest BCUT2D eigenvalue weighted by molar-refractivity contribution is -0.142. The Morgan fingerprint density at radius 2 is 2.00 bits per heavy atom. The van der Waals surface area contributed by atoms with E-state index in [0.717, 1.165) is 32.2 Å². The predicted octanol–water partition coefficient (Wildman–Crippen LogP) is -0.733. The summed E-state index contributed by atoms with van der Waals surface area (Å²) in [5.74, 6) is -0.315. The molecular formula is C11H21N3O2. The van der Waals surface area contributed by atoms with E-state index in [4.69, 9.17) is 5.73 Å². The molecule has 1 unspecified atom stereocenters. The van der Waals surface area contributed by atoms with Gasteiger partial charge in [-0.05, 0) is 12.8 Å². The van der Waals surface area contributed by atoms with E-state index in [2.05, 4.69) is 14.5 Å². The fourth-order valence-electron chi connectivity index (χ4n) is 2.25. The van der Waals surface area contributed by atoms with Crippen LogP contribution in [-0.4, -0.2) is 67.7 Å². The maximum Gasteiger partial charge on any atom is 0.323 e. The number of esters is 1. The van der Waals surface area contributed by atoms with Gasteiger partial charge in [-0.3, -0.25) is 14.6 Å². The minimum absolute atomic E-state index is 0.315. The molecule has 0 radical (unpaired) electrons. The second-order valence-electron chi connectivity index (χ2n) is 4.70. The zero-order chi connectivity index (χ0) is 11.5. The van der Waals surface area contributed by atoms with Gasteiger partial charge in [0.05, 0.1) is 7.11 Å². The Bertz CT molecular complexity index is 248. The molecule has 2 aliphatic rings. The second kappa shape index (κ2) is 5.12. The van der Waals surface area contributed by atoms with E-state index in [1.807, 2.05) is 0 Å². The van der Waals surface area contributed by atoms with Crippen LogP contribution >= 0.6 is 0 Å². The van der Waals surface area contributed by atoms with Crippen molar-refractivity contribution in [3.63, 3.8) is 0 Å². The van der Waals surface area contributed by atoms with E-state index in [0.29, 0.717) is 6.54 Å². The Hall–Kier alpha value is -0.650. The first kappa shape index (κ1) is 11.8. The number of ether oxygens (including phenoxy) is 1. The van der Waals surface area contributed by atoms with Gasteiger partial charge in [0, 0.05) is 38.8 Å². The zero-order valence-corrected chi connectivity index (χ0v) is 9.89. The first-order chi connectivity index (χ1) is 7.70. The molecule has 92 valence electrons. The van der Waals surface area contributed by atoms with Gasteiger partial charge in [0.2, 0.25) is 0 Å². The summed E-state index contributed by atoms with van der Waals surface area (Å²) < 4.78 is 4.62. The molecule has 0 aromatic rings. The van der Waals surface area contributed by atoms with Crippen LogP contribution in [0.3, 0.4) is 0 Å². The Morgan fingerprint density at radius 3 is 2.50 bits per heavy atom. The van der Waals surface area contributed by atoms with Crippen molar-refractivity contribution >= 4 is 5.97 Å². The molecule has 1 heterocycles. The molecule has 1 aliphatic heterocycles. The monoisotopic (exact) mass is 227 g/mol. The molecule has 2 fully saturated rings. The van der Waals surface area contributed by atoms with Crippen LogP contribution in [0.15, 0.2) is 0 Å². The number of carbonyl (C=O) groups excluding carboxylic acids is 1. The summed E-state index contributed by atoms with van der Waals surface area (Å²) in [4.78, 5) is 16.0. The Balaban J connectivity index is 1.69. The Kier molecular flexibility index (Phi) is 3.78. The van der Waals surface area contributed by atoms with Crippen molar-refractivity contribution in [1.29, 1.82) is 0 Å². The minimum Gasteiger partial charge on any atom is -0.468 e. The smallest absolute Gasteiger partial charge is 0.323 e. The topological polar surface area (TPSA) is 58.8 Å². The van der Waals surface area contributed by atoms with Gasteiger partial charge in [-0.25, -0.2) is 0 Å².